The highest BCUT2D eigenvalue weighted by Gasteiger charge is 2.11. The van der Waals surface area contributed by atoms with E-state index in [0.29, 0.717) is 23.4 Å². The van der Waals surface area contributed by atoms with E-state index >= 15 is 0 Å². The topological polar surface area (TPSA) is 71.0 Å². The lowest BCUT2D eigenvalue weighted by Gasteiger charge is -2.04. The first-order valence-electron chi connectivity index (χ1n) is 7.35. The third-order valence-electron chi connectivity index (χ3n) is 2.99. The molecule has 0 saturated heterocycles. The smallest absolute Gasteiger partial charge is 0.312 e. The maximum atomic E-state index is 12.2. The average molecular weight is 335 g/mol. The second kappa shape index (κ2) is 10.7. The van der Waals surface area contributed by atoms with Gasteiger partial charge < -0.3 is 14.4 Å². The second-order valence-corrected chi connectivity index (χ2v) is 5.94. The van der Waals surface area contributed by atoms with Gasteiger partial charge in [0.05, 0.1) is 25.8 Å². The number of carbonyl (C=O) groups is 1. The summed E-state index contributed by atoms with van der Waals surface area (Å²) in [5.74, 6) is 0.315. The lowest BCUT2D eigenvalue weighted by molar-refractivity contribution is -0.152. The van der Waals surface area contributed by atoms with E-state index in [1.807, 2.05) is 0 Å². The number of rotatable bonds is 9. The van der Waals surface area contributed by atoms with Crippen molar-refractivity contribution < 1.29 is 19.2 Å². The number of hydrogen-bond donors (Lipinski definition) is 0. The van der Waals surface area contributed by atoms with Gasteiger partial charge in [-0.05, 0) is 44.0 Å². The summed E-state index contributed by atoms with van der Waals surface area (Å²) in [4.78, 5) is 23.9. The Morgan fingerprint density at radius 3 is 2.65 bits per heavy atom. The molecule has 0 radical (unpaired) electrons. The summed E-state index contributed by atoms with van der Waals surface area (Å²) in [5.41, 5.74) is 0.454. The fourth-order valence-corrected chi connectivity index (χ4v) is 2.63. The highest BCUT2D eigenvalue weighted by molar-refractivity contribution is 7.48. The van der Waals surface area contributed by atoms with Crippen LogP contribution in [0.2, 0.25) is 0 Å². The molecule has 0 aromatic heterocycles. The number of methoxy groups -OCH3 is 1. The van der Waals surface area contributed by atoms with Crippen molar-refractivity contribution in [3.8, 4) is 5.75 Å². The number of esters is 1. The molecule has 1 unspecified atom stereocenters. The van der Waals surface area contributed by atoms with Crippen LogP contribution in [-0.4, -0.2) is 19.7 Å². The molecule has 1 atom stereocenters. The molecule has 1 aromatic rings. The van der Waals surface area contributed by atoms with Crippen LogP contribution in [0, 0.1) is 0 Å². The molecule has 23 heavy (non-hydrogen) atoms. The van der Waals surface area contributed by atoms with E-state index < -0.39 is 7.94 Å². The number of ether oxygens (including phenoxy) is 2. The van der Waals surface area contributed by atoms with Gasteiger partial charge in [-0.25, -0.2) is 0 Å². The van der Waals surface area contributed by atoms with Crippen LogP contribution in [0.3, 0.4) is 0 Å². The first kappa shape index (κ1) is 19.1. The third-order valence-corrected chi connectivity index (χ3v) is 4.17. The van der Waals surface area contributed by atoms with Crippen molar-refractivity contribution in [2.45, 2.75) is 26.2 Å². The molecule has 0 bridgehead atoms. The number of benzene rings is 1. The average Bonchev–Trinajstić information content (AvgIpc) is 2.58. The Balaban J connectivity index is 2.62. The van der Waals surface area contributed by atoms with E-state index in [-0.39, 0.29) is 12.4 Å². The zero-order valence-corrected chi connectivity index (χ0v) is 14.4. The van der Waals surface area contributed by atoms with Gasteiger partial charge in [0.25, 0.3) is 0 Å². The quantitative estimate of drug-likeness (QED) is 0.301. The zero-order chi connectivity index (χ0) is 17.1. The van der Waals surface area contributed by atoms with Crippen LogP contribution in [0.4, 0.5) is 0 Å². The minimum atomic E-state index is -1.96. The van der Waals surface area contributed by atoms with Gasteiger partial charge in [0.15, 0.2) is 5.30 Å². The van der Waals surface area contributed by atoms with Crippen molar-refractivity contribution in [3.05, 3.63) is 48.7 Å². The molecule has 6 heteroatoms. The van der Waals surface area contributed by atoms with E-state index in [4.69, 9.17) is 9.47 Å². The summed E-state index contributed by atoms with van der Waals surface area (Å²) in [6.45, 7) is 5.71. The molecule has 5 nitrogen and oxygen atoms in total. The first-order valence-corrected chi connectivity index (χ1v) is 8.56. The van der Waals surface area contributed by atoms with Crippen molar-refractivity contribution in [1.29, 1.82) is 0 Å². The summed E-state index contributed by atoms with van der Waals surface area (Å²) < 4.78 is 14.3. The molecule has 1 rings (SSSR count). The standard InChI is InChI=1S/C17H22NO4P/c1-4-6-7-12-22-17(19)13-14(5-2)18-23(20)16-10-8-15(21-3)9-11-16/h4-5,8-11H,1,6-7,12-13H2,2-3H3. The first-order chi connectivity index (χ1) is 11.1. The largest absolute Gasteiger partial charge is 0.607 e. The van der Waals surface area contributed by atoms with Crippen molar-refractivity contribution in [2.24, 2.45) is 4.74 Å². The predicted octanol–water partition coefficient (Wildman–Crippen LogP) is 3.06. The Kier molecular flexibility index (Phi) is 8.88. The fourth-order valence-electron chi connectivity index (χ4n) is 1.69. The summed E-state index contributed by atoms with van der Waals surface area (Å²) in [6.07, 6.45) is 5.01. The summed E-state index contributed by atoms with van der Waals surface area (Å²) in [7, 11) is -0.390. The molecular formula is C17H22NO4P. The molecular weight excluding hydrogens is 313 g/mol. The number of nitrogens with zero attached hydrogens (tertiary/aromatic N) is 1. The van der Waals surface area contributed by atoms with Gasteiger partial charge >= 0.3 is 5.97 Å². The van der Waals surface area contributed by atoms with E-state index in [0.717, 1.165) is 12.8 Å². The van der Waals surface area contributed by atoms with E-state index in [1.165, 1.54) is 0 Å². The molecule has 0 aliphatic heterocycles. The molecule has 1 aromatic carbocycles. The van der Waals surface area contributed by atoms with Gasteiger partial charge in [-0.15, -0.1) is 6.58 Å². The molecule has 0 fully saturated rings. The molecule has 0 spiro atoms. The second-order valence-electron chi connectivity index (χ2n) is 4.68. The lowest BCUT2D eigenvalue weighted by Crippen LogP contribution is -2.08. The number of allylic oxidation sites excluding steroid dienone is 2. The molecule has 124 valence electrons. The van der Waals surface area contributed by atoms with Gasteiger partial charge in [0.1, 0.15) is 5.75 Å². The van der Waals surface area contributed by atoms with Gasteiger partial charge in [0, 0.05) is 0 Å². The zero-order valence-electron chi connectivity index (χ0n) is 13.5. The van der Waals surface area contributed by atoms with Crippen LogP contribution < -0.4 is 14.9 Å². The van der Waals surface area contributed by atoms with Crippen LogP contribution in [-0.2, 0) is 9.53 Å². The van der Waals surface area contributed by atoms with Crippen molar-refractivity contribution in [1.82, 2.24) is 0 Å². The maximum absolute atomic E-state index is 12.2. The maximum Gasteiger partial charge on any atom is 0.312 e. The van der Waals surface area contributed by atoms with E-state index in [2.05, 4.69) is 11.3 Å². The Labute approximate surface area is 138 Å². The minimum Gasteiger partial charge on any atom is -0.607 e. The minimum absolute atomic E-state index is 0.0157. The Bertz CT molecular complexity index is 579. The van der Waals surface area contributed by atoms with Crippen LogP contribution in [0.15, 0.2) is 53.4 Å². The normalized spacial score (nSPS) is 12.0. The Morgan fingerprint density at radius 1 is 1.39 bits per heavy atom. The highest BCUT2D eigenvalue weighted by atomic mass is 31.1. The molecule has 0 amide bonds. The Morgan fingerprint density at radius 2 is 2.09 bits per heavy atom. The van der Waals surface area contributed by atoms with E-state index in [9.17, 15) is 9.69 Å². The summed E-state index contributed by atoms with van der Waals surface area (Å²) >= 11 is 0. The Hall–Kier alpha value is -1.97. The molecule has 0 saturated carbocycles. The van der Waals surface area contributed by atoms with Crippen LogP contribution in [0.5, 0.6) is 5.75 Å². The molecule has 0 aliphatic rings. The van der Waals surface area contributed by atoms with Crippen LogP contribution in [0.1, 0.15) is 26.2 Å². The fraction of sp³-hybridized carbons (Fsp3) is 0.353. The lowest BCUT2D eigenvalue weighted by atomic mass is 10.3. The predicted molar refractivity (Wildman–Crippen MR) is 90.7 cm³/mol. The SMILES string of the molecule is C=CCCCOC(=O)CC(=CC)N=[P+]([O-])c1ccc(OC)cc1. The summed E-state index contributed by atoms with van der Waals surface area (Å²) in [6, 6.07) is 6.84. The van der Waals surface area contributed by atoms with Crippen molar-refractivity contribution >= 4 is 19.2 Å². The molecule has 0 aliphatic carbocycles. The number of unbranched alkanes of at least 4 members (excludes halogenated alkanes) is 1. The number of hydrogen-bond acceptors (Lipinski definition) is 5. The number of carbonyl (C=O) groups excluding carboxylic acids is 1. The van der Waals surface area contributed by atoms with Gasteiger partial charge in [-0.1, -0.05) is 16.9 Å². The third kappa shape index (κ3) is 7.22. The van der Waals surface area contributed by atoms with Gasteiger partial charge in [-0.3, -0.25) is 4.79 Å². The monoisotopic (exact) mass is 335 g/mol. The highest BCUT2D eigenvalue weighted by Crippen LogP contribution is 2.21. The molecule has 0 heterocycles. The van der Waals surface area contributed by atoms with Crippen molar-refractivity contribution in [2.75, 3.05) is 13.7 Å². The van der Waals surface area contributed by atoms with Crippen LogP contribution in [0.25, 0.3) is 0 Å². The molecule has 0 N–H and O–H groups in total. The van der Waals surface area contributed by atoms with Crippen molar-refractivity contribution in [3.63, 3.8) is 0 Å². The van der Waals surface area contributed by atoms with Gasteiger partial charge in [0.2, 0.25) is 7.94 Å². The van der Waals surface area contributed by atoms with Crippen LogP contribution >= 0.6 is 7.94 Å². The van der Waals surface area contributed by atoms with E-state index in [1.54, 1.807) is 50.5 Å². The summed E-state index contributed by atoms with van der Waals surface area (Å²) in [5, 5.41) is 0.583. The van der Waals surface area contributed by atoms with Gasteiger partial charge in [-0.2, -0.15) is 0 Å².